The third-order valence-corrected chi connectivity index (χ3v) is 4.07. The van der Waals surface area contributed by atoms with E-state index in [-0.39, 0.29) is 5.91 Å². The standard InChI is InChI=1S/C20H20N4O/c1-14-4-6-19(7-5-14)24-15(2)12-18(16(24)3)13-22-23-20(25)17-8-10-21-11-9-17/h4-13H,1-3H3,(H,23,25)/b22-13-. The average Bonchev–Trinajstić information content (AvgIpc) is 2.90. The molecular weight excluding hydrogens is 312 g/mol. The minimum atomic E-state index is -0.258. The van der Waals surface area contributed by atoms with Gasteiger partial charge in [-0.05, 0) is 51.1 Å². The van der Waals surface area contributed by atoms with Crippen molar-refractivity contribution in [1.29, 1.82) is 0 Å². The maximum atomic E-state index is 12.0. The highest BCUT2D eigenvalue weighted by Crippen LogP contribution is 2.20. The van der Waals surface area contributed by atoms with Gasteiger partial charge in [0.15, 0.2) is 0 Å². The summed E-state index contributed by atoms with van der Waals surface area (Å²) in [5.74, 6) is -0.258. The van der Waals surface area contributed by atoms with Crippen LogP contribution in [0.2, 0.25) is 0 Å². The van der Waals surface area contributed by atoms with E-state index in [2.05, 4.69) is 64.3 Å². The molecule has 3 aromatic rings. The predicted octanol–water partition coefficient (Wildman–Crippen LogP) is 3.56. The molecule has 0 unspecified atom stereocenters. The molecule has 0 radical (unpaired) electrons. The van der Waals surface area contributed by atoms with Gasteiger partial charge >= 0.3 is 0 Å². The van der Waals surface area contributed by atoms with Crippen molar-refractivity contribution < 1.29 is 4.79 Å². The summed E-state index contributed by atoms with van der Waals surface area (Å²) in [6.07, 6.45) is 4.83. The van der Waals surface area contributed by atoms with Crippen LogP contribution in [0.3, 0.4) is 0 Å². The quantitative estimate of drug-likeness (QED) is 0.586. The van der Waals surface area contributed by atoms with E-state index >= 15 is 0 Å². The number of carbonyl (C=O) groups excluding carboxylic acids is 1. The van der Waals surface area contributed by atoms with Crippen LogP contribution >= 0.6 is 0 Å². The van der Waals surface area contributed by atoms with Crippen molar-refractivity contribution in [2.75, 3.05) is 0 Å². The van der Waals surface area contributed by atoms with Crippen LogP contribution in [-0.4, -0.2) is 21.7 Å². The van der Waals surface area contributed by atoms with Crippen LogP contribution in [0.15, 0.2) is 60.0 Å². The van der Waals surface area contributed by atoms with Crippen LogP contribution in [0.1, 0.15) is 32.9 Å². The lowest BCUT2D eigenvalue weighted by Gasteiger charge is -2.09. The third-order valence-electron chi connectivity index (χ3n) is 4.07. The highest BCUT2D eigenvalue weighted by molar-refractivity contribution is 5.94. The van der Waals surface area contributed by atoms with Gasteiger partial charge in [0, 0.05) is 40.6 Å². The molecule has 5 nitrogen and oxygen atoms in total. The summed E-state index contributed by atoms with van der Waals surface area (Å²) in [6.45, 7) is 6.17. The Labute approximate surface area is 147 Å². The summed E-state index contributed by atoms with van der Waals surface area (Å²) in [5, 5.41) is 4.08. The SMILES string of the molecule is Cc1ccc(-n2c(C)cc(/C=N\NC(=O)c3ccncc3)c2C)cc1. The van der Waals surface area contributed by atoms with E-state index in [4.69, 9.17) is 0 Å². The van der Waals surface area contributed by atoms with Gasteiger partial charge in [-0.3, -0.25) is 9.78 Å². The van der Waals surface area contributed by atoms with Crippen molar-refractivity contribution >= 4 is 12.1 Å². The topological polar surface area (TPSA) is 59.3 Å². The number of rotatable bonds is 4. The lowest BCUT2D eigenvalue weighted by Crippen LogP contribution is -2.17. The van der Waals surface area contributed by atoms with Gasteiger partial charge in [-0.15, -0.1) is 0 Å². The minimum Gasteiger partial charge on any atom is -0.318 e. The van der Waals surface area contributed by atoms with Crippen LogP contribution in [-0.2, 0) is 0 Å². The molecule has 25 heavy (non-hydrogen) atoms. The Morgan fingerprint density at radius 1 is 1.08 bits per heavy atom. The maximum Gasteiger partial charge on any atom is 0.271 e. The van der Waals surface area contributed by atoms with Crippen LogP contribution in [0.4, 0.5) is 0 Å². The Hall–Kier alpha value is -3.21. The highest BCUT2D eigenvalue weighted by atomic mass is 16.2. The number of benzene rings is 1. The van der Waals surface area contributed by atoms with Crippen LogP contribution < -0.4 is 5.43 Å². The second-order valence-electron chi connectivity index (χ2n) is 5.93. The summed E-state index contributed by atoms with van der Waals surface area (Å²) in [5.41, 5.74) is 8.56. The number of aromatic nitrogens is 2. The molecule has 0 aliphatic rings. The lowest BCUT2D eigenvalue weighted by molar-refractivity contribution is 0.0955. The normalized spacial score (nSPS) is 11.0. The van der Waals surface area contributed by atoms with E-state index in [0.717, 1.165) is 22.6 Å². The van der Waals surface area contributed by atoms with E-state index in [0.29, 0.717) is 5.56 Å². The molecule has 0 aliphatic carbocycles. The summed E-state index contributed by atoms with van der Waals surface area (Å²) < 4.78 is 2.17. The zero-order valence-electron chi connectivity index (χ0n) is 14.5. The molecule has 0 atom stereocenters. The van der Waals surface area contributed by atoms with Gasteiger partial charge < -0.3 is 4.57 Å². The van der Waals surface area contributed by atoms with Crippen LogP contribution in [0, 0.1) is 20.8 Å². The largest absolute Gasteiger partial charge is 0.318 e. The first-order valence-corrected chi connectivity index (χ1v) is 8.05. The molecule has 0 aliphatic heterocycles. The molecule has 5 heteroatoms. The highest BCUT2D eigenvalue weighted by Gasteiger charge is 2.09. The number of hydrogen-bond donors (Lipinski definition) is 1. The van der Waals surface area contributed by atoms with E-state index in [1.54, 1.807) is 30.7 Å². The number of hydrazone groups is 1. The first-order valence-electron chi connectivity index (χ1n) is 8.05. The Kier molecular flexibility index (Phi) is 4.75. The molecule has 1 N–H and O–H groups in total. The molecular formula is C20H20N4O. The van der Waals surface area contributed by atoms with Crippen molar-refractivity contribution in [1.82, 2.24) is 15.0 Å². The van der Waals surface area contributed by atoms with Crippen molar-refractivity contribution in [3.05, 3.63) is 82.9 Å². The Morgan fingerprint density at radius 3 is 2.44 bits per heavy atom. The van der Waals surface area contributed by atoms with Gasteiger partial charge in [-0.1, -0.05) is 17.7 Å². The predicted molar refractivity (Wildman–Crippen MR) is 99.3 cm³/mol. The lowest BCUT2D eigenvalue weighted by atomic mass is 10.2. The first kappa shape index (κ1) is 16.6. The smallest absolute Gasteiger partial charge is 0.271 e. The summed E-state index contributed by atoms with van der Waals surface area (Å²) in [7, 11) is 0. The van der Waals surface area contributed by atoms with Crippen molar-refractivity contribution in [2.24, 2.45) is 5.10 Å². The number of nitrogens with zero attached hydrogens (tertiary/aromatic N) is 3. The van der Waals surface area contributed by atoms with Crippen molar-refractivity contribution in [2.45, 2.75) is 20.8 Å². The number of carbonyl (C=O) groups is 1. The van der Waals surface area contributed by atoms with E-state index in [9.17, 15) is 4.79 Å². The molecule has 126 valence electrons. The maximum absolute atomic E-state index is 12.0. The number of aryl methyl sites for hydroxylation is 2. The average molecular weight is 332 g/mol. The van der Waals surface area contributed by atoms with Gasteiger partial charge in [0.1, 0.15) is 0 Å². The zero-order chi connectivity index (χ0) is 17.8. The fraction of sp³-hybridized carbons (Fsp3) is 0.150. The number of pyridine rings is 1. The second kappa shape index (κ2) is 7.13. The molecule has 0 saturated heterocycles. The van der Waals surface area contributed by atoms with Gasteiger partial charge in [0.05, 0.1) is 6.21 Å². The summed E-state index contributed by atoms with van der Waals surface area (Å²) >= 11 is 0. The molecule has 3 rings (SSSR count). The van der Waals surface area contributed by atoms with Gasteiger partial charge in [0.2, 0.25) is 0 Å². The molecule has 0 spiro atoms. The summed E-state index contributed by atoms with van der Waals surface area (Å²) in [4.78, 5) is 15.9. The summed E-state index contributed by atoms with van der Waals surface area (Å²) in [6, 6.07) is 13.7. The number of amides is 1. The van der Waals surface area contributed by atoms with Crippen molar-refractivity contribution in [3.8, 4) is 5.69 Å². The van der Waals surface area contributed by atoms with Crippen molar-refractivity contribution in [3.63, 3.8) is 0 Å². The fourth-order valence-corrected chi connectivity index (χ4v) is 2.74. The monoisotopic (exact) mass is 332 g/mol. The Bertz CT molecular complexity index is 909. The molecule has 0 bridgehead atoms. The van der Waals surface area contributed by atoms with Gasteiger partial charge in [-0.25, -0.2) is 5.43 Å². The van der Waals surface area contributed by atoms with Gasteiger partial charge in [0.25, 0.3) is 5.91 Å². The molecule has 2 heterocycles. The minimum absolute atomic E-state index is 0.258. The molecule has 0 fully saturated rings. The molecule has 2 aromatic heterocycles. The third kappa shape index (κ3) is 3.66. The number of nitrogens with one attached hydrogen (secondary N) is 1. The molecule has 0 saturated carbocycles. The van der Waals surface area contributed by atoms with E-state index in [1.807, 2.05) is 6.92 Å². The van der Waals surface area contributed by atoms with Crippen LogP contribution in [0.5, 0.6) is 0 Å². The Morgan fingerprint density at radius 2 is 1.76 bits per heavy atom. The second-order valence-corrected chi connectivity index (χ2v) is 5.93. The first-order chi connectivity index (χ1) is 12.1. The van der Waals surface area contributed by atoms with Gasteiger partial charge in [-0.2, -0.15) is 5.10 Å². The molecule has 1 aromatic carbocycles. The van der Waals surface area contributed by atoms with Crippen LogP contribution in [0.25, 0.3) is 5.69 Å². The zero-order valence-corrected chi connectivity index (χ0v) is 14.5. The fourth-order valence-electron chi connectivity index (χ4n) is 2.74. The Balaban J connectivity index is 1.79. The molecule has 1 amide bonds. The van der Waals surface area contributed by atoms with E-state index < -0.39 is 0 Å². The van der Waals surface area contributed by atoms with E-state index in [1.165, 1.54) is 5.56 Å². The number of hydrogen-bond acceptors (Lipinski definition) is 3.